The lowest BCUT2D eigenvalue weighted by Gasteiger charge is -2.18. The Morgan fingerprint density at radius 3 is 2.61 bits per heavy atom. The summed E-state index contributed by atoms with van der Waals surface area (Å²) >= 11 is 0. The minimum atomic E-state index is -0.930. The van der Waals surface area contributed by atoms with Gasteiger partial charge in [0.15, 0.2) is 0 Å². The fourth-order valence-corrected chi connectivity index (χ4v) is 1.61. The largest absolute Gasteiger partial charge is 0.478 e. The van der Waals surface area contributed by atoms with Gasteiger partial charge < -0.3 is 10.0 Å². The first-order valence-electron chi connectivity index (χ1n) is 5.96. The molecule has 0 saturated carbocycles. The van der Waals surface area contributed by atoms with Crippen molar-refractivity contribution >= 4 is 17.7 Å². The lowest BCUT2D eigenvalue weighted by Crippen LogP contribution is -2.18. The molecule has 3 heteroatoms. The van der Waals surface area contributed by atoms with Crippen LogP contribution in [0.5, 0.6) is 0 Å². The van der Waals surface area contributed by atoms with E-state index in [0.717, 1.165) is 36.7 Å². The van der Waals surface area contributed by atoms with E-state index in [-0.39, 0.29) is 0 Å². The molecule has 0 fully saturated rings. The Kier molecular flexibility index (Phi) is 5.71. The predicted octanol–water partition coefficient (Wildman–Crippen LogP) is 3.19. The molecule has 0 aliphatic carbocycles. The topological polar surface area (TPSA) is 40.5 Å². The SMILES string of the molecule is C=CCCCN(C)c1ccc(/C=C/C(=O)O)cc1. The first-order valence-corrected chi connectivity index (χ1v) is 5.96. The number of benzene rings is 1. The second kappa shape index (κ2) is 7.33. The van der Waals surface area contributed by atoms with Crippen molar-refractivity contribution in [1.29, 1.82) is 0 Å². The van der Waals surface area contributed by atoms with Gasteiger partial charge >= 0.3 is 5.97 Å². The van der Waals surface area contributed by atoms with Crippen molar-refractivity contribution in [3.8, 4) is 0 Å². The zero-order chi connectivity index (χ0) is 13.4. The van der Waals surface area contributed by atoms with Gasteiger partial charge in [0.25, 0.3) is 0 Å². The van der Waals surface area contributed by atoms with Crippen LogP contribution in [0.25, 0.3) is 6.08 Å². The Hall–Kier alpha value is -2.03. The highest BCUT2D eigenvalue weighted by atomic mass is 16.4. The van der Waals surface area contributed by atoms with Crippen LogP contribution in [0, 0.1) is 0 Å². The number of rotatable bonds is 7. The zero-order valence-corrected chi connectivity index (χ0v) is 10.7. The summed E-state index contributed by atoms with van der Waals surface area (Å²) in [5.41, 5.74) is 2.02. The van der Waals surface area contributed by atoms with Crippen LogP contribution in [0.3, 0.4) is 0 Å². The van der Waals surface area contributed by atoms with Crippen LogP contribution >= 0.6 is 0 Å². The maximum absolute atomic E-state index is 10.4. The molecule has 0 unspecified atom stereocenters. The van der Waals surface area contributed by atoms with Crippen LogP contribution in [0.1, 0.15) is 18.4 Å². The highest BCUT2D eigenvalue weighted by Crippen LogP contribution is 2.15. The molecule has 0 heterocycles. The number of unbranched alkanes of at least 4 members (excludes halogenated alkanes) is 1. The highest BCUT2D eigenvalue weighted by Gasteiger charge is 1.99. The number of hydrogen-bond donors (Lipinski definition) is 1. The van der Waals surface area contributed by atoms with Crippen molar-refractivity contribution in [2.45, 2.75) is 12.8 Å². The number of carboxylic acid groups (broad SMARTS) is 1. The van der Waals surface area contributed by atoms with Gasteiger partial charge in [-0.1, -0.05) is 18.2 Å². The molecule has 0 spiro atoms. The average Bonchev–Trinajstić information content (AvgIpc) is 2.37. The number of carbonyl (C=O) groups is 1. The summed E-state index contributed by atoms with van der Waals surface area (Å²) in [4.78, 5) is 12.6. The van der Waals surface area contributed by atoms with Crippen LogP contribution in [-0.4, -0.2) is 24.7 Å². The number of nitrogens with zero attached hydrogens (tertiary/aromatic N) is 1. The third-order valence-corrected chi connectivity index (χ3v) is 2.65. The molecule has 0 atom stereocenters. The number of carboxylic acids is 1. The van der Waals surface area contributed by atoms with Crippen LogP contribution in [-0.2, 0) is 4.79 Å². The van der Waals surface area contributed by atoms with E-state index in [4.69, 9.17) is 5.11 Å². The van der Waals surface area contributed by atoms with E-state index in [0.29, 0.717) is 0 Å². The molecule has 0 bridgehead atoms. The predicted molar refractivity (Wildman–Crippen MR) is 75.8 cm³/mol. The molecule has 0 aliphatic rings. The van der Waals surface area contributed by atoms with Crippen molar-refractivity contribution in [3.63, 3.8) is 0 Å². The van der Waals surface area contributed by atoms with Crippen LogP contribution in [0.15, 0.2) is 43.0 Å². The van der Waals surface area contributed by atoms with E-state index in [9.17, 15) is 4.79 Å². The van der Waals surface area contributed by atoms with E-state index in [1.165, 1.54) is 0 Å². The number of anilines is 1. The standard InChI is InChI=1S/C15H19NO2/c1-3-4-5-12-16(2)14-9-6-13(7-10-14)8-11-15(17)18/h3,6-11H,1,4-5,12H2,2H3,(H,17,18)/b11-8+. The second-order valence-corrected chi connectivity index (χ2v) is 4.12. The van der Waals surface area contributed by atoms with Gasteiger partial charge in [-0.15, -0.1) is 6.58 Å². The number of hydrogen-bond acceptors (Lipinski definition) is 2. The van der Waals surface area contributed by atoms with Gasteiger partial charge in [0.1, 0.15) is 0 Å². The molecular formula is C15H19NO2. The maximum Gasteiger partial charge on any atom is 0.328 e. The van der Waals surface area contributed by atoms with Gasteiger partial charge in [-0.3, -0.25) is 0 Å². The summed E-state index contributed by atoms with van der Waals surface area (Å²) in [7, 11) is 2.05. The Balaban J connectivity index is 2.58. The van der Waals surface area contributed by atoms with Crippen molar-refractivity contribution in [3.05, 3.63) is 48.6 Å². The number of allylic oxidation sites excluding steroid dienone is 1. The third kappa shape index (κ3) is 4.87. The maximum atomic E-state index is 10.4. The van der Waals surface area contributed by atoms with E-state index < -0.39 is 5.97 Å². The van der Waals surface area contributed by atoms with Gasteiger partial charge in [0.2, 0.25) is 0 Å². The summed E-state index contributed by atoms with van der Waals surface area (Å²) in [6.45, 7) is 4.68. The smallest absolute Gasteiger partial charge is 0.328 e. The van der Waals surface area contributed by atoms with E-state index in [1.807, 2.05) is 37.4 Å². The van der Waals surface area contributed by atoms with E-state index in [2.05, 4.69) is 11.5 Å². The molecule has 0 amide bonds. The van der Waals surface area contributed by atoms with E-state index in [1.54, 1.807) is 6.08 Å². The summed E-state index contributed by atoms with van der Waals surface area (Å²) < 4.78 is 0. The van der Waals surface area contributed by atoms with Crippen LogP contribution in [0.2, 0.25) is 0 Å². The van der Waals surface area contributed by atoms with Gasteiger partial charge in [-0.25, -0.2) is 4.79 Å². The lowest BCUT2D eigenvalue weighted by molar-refractivity contribution is -0.131. The molecule has 18 heavy (non-hydrogen) atoms. The van der Waals surface area contributed by atoms with Crippen LogP contribution < -0.4 is 4.90 Å². The highest BCUT2D eigenvalue weighted by molar-refractivity contribution is 5.85. The Labute approximate surface area is 108 Å². The summed E-state index contributed by atoms with van der Waals surface area (Å²) in [5, 5.41) is 8.53. The first-order chi connectivity index (χ1) is 8.63. The minimum Gasteiger partial charge on any atom is -0.478 e. The number of aliphatic carboxylic acids is 1. The Bertz CT molecular complexity index is 421. The summed E-state index contributed by atoms with van der Waals surface area (Å²) in [6.07, 6.45) is 6.75. The molecule has 1 aromatic rings. The Morgan fingerprint density at radius 1 is 1.39 bits per heavy atom. The van der Waals surface area contributed by atoms with Gasteiger partial charge in [-0.2, -0.15) is 0 Å². The molecule has 0 aromatic heterocycles. The van der Waals surface area contributed by atoms with Gasteiger partial charge in [0, 0.05) is 25.4 Å². The lowest BCUT2D eigenvalue weighted by atomic mass is 10.2. The molecule has 96 valence electrons. The van der Waals surface area contributed by atoms with Gasteiger partial charge in [0.05, 0.1) is 0 Å². The molecule has 1 N–H and O–H groups in total. The van der Waals surface area contributed by atoms with Crippen molar-refractivity contribution < 1.29 is 9.90 Å². The van der Waals surface area contributed by atoms with Crippen molar-refractivity contribution in [2.24, 2.45) is 0 Å². The Morgan fingerprint density at radius 2 is 2.06 bits per heavy atom. The normalized spacial score (nSPS) is 10.5. The summed E-state index contributed by atoms with van der Waals surface area (Å²) in [5.74, 6) is -0.930. The fraction of sp³-hybridized carbons (Fsp3) is 0.267. The molecule has 0 radical (unpaired) electrons. The zero-order valence-electron chi connectivity index (χ0n) is 10.7. The first kappa shape index (κ1) is 14.0. The van der Waals surface area contributed by atoms with Crippen LogP contribution in [0.4, 0.5) is 5.69 Å². The monoisotopic (exact) mass is 245 g/mol. The van der Waals surface area contributed by atoms with Crippen molar-refractivity contribution in [1.82, 2.24) is 0 Å². The molecule has 1 rings (SSSR count). The second-order valence-electron chi connectivity index (χ2n) is 4.12. The quantitative estimate of drug-likeness (QED) is 0.455. The minimum absolute atomic E-state index is 0.889. The van der Waals surface area contributed by atoms with Crippen molar-refractivity contribution in [2.75, 3.05) is 18.5 Å². The molecule has 0 aliphatic heterocycles. The van der Waals surface area contributed by atoms with E-state index >= 15 is 0 Å². The average molecular weight is 245 g/mol. The molecule has 1 aromatic carbocycles. The summed E-state index contributed by atoms with van der Waals surface area (Å²) in [6, 6.07) is 7.82. The fourth-order valence-electron chi connectivity index (χ4n) is 1.61. The molecular weight excluding hydrogens is 226 g/mol. The molecule has 0 saturated heterocycles. The van der Waals surface area contributed by atoms with Gasteiger partial charge in [-0.05, 0) is 36.6 Å². The third-order valence-electron chi connectivity index (χ3n) is 2.65. The molecule has 3 nitrogen and oxygen atoms in total.